The van der Waals surface area contributed by atoms with Crippen molar-refractivity contribution in [3.8, 4) is 0 Å². The van der Waals surface area contributed by atoms with E-state index in [9.17, 15) is 9.90 Å². The van der Waals surface area contributed by atoms with E-state index < -0.39 is 11.4 Å². The van der Waals surface area contributed by atoms with Crippen molar-refractivity contribution in [2.75, 3.05) is 0 Å². The van der Waals surface area contributed by atoms with Gasteiger partial charge >= 0.3 is 5.97 Å². The molecule has 0 saturated heterocycles. The topological polar surface area (TPSA) is 37.3 Å². The van der Waals surface area contributed by atoms with Crippen LogP contribution in [0.4, 0.5) is 0 Å². The Morgan fingerprint density at radius 3 is 2.50 bits per heavy atom. The second-order valence-electron chi connectivity index (χ2n) is 8.54. The van der Waals surface area contributed by atoms with Crippen LogP contribution in [0.3, 0.4) is 0 Å². The summed E-state index contributed by atoms with van der Waals surface area (Å²) in [5, 5.41) is 9.83. The molecule has 1 N–H and O–H groups in total. The van der Waals surface area contributed by atoms with Gasteiger partial charge in [0, 0.05) is 0 Å². The molecular formula is C22H36O2. The van der Waals surface area contributed by atoms with Crippen molar-refractivity contribution in [2.45, 2.75) is 80.1 Å². The van der Waals surface area contributed by atoms with E-state index in [-0.39, 0.29) is 11.3 Å². The number of carboxylic acids is 1. The Morgan fingerprint density at radius 1 is 1.25 bits per heavy atom. The van der Waals surface area contributed by atoms with Crippen LogP contribution in [-0.4, -0.2) is 11.1 Å². The molecule has 1 saturated carbocycles. The van der Waals surface area contributed by atoms with E-state index in [2.05, 4.69) is 32.9 Å². The lowest BCUT2D eigenvalue weighted by Gasteiger charge is -2.57. The molecule has 0 aromatic rings. The van der Waals surface area contributed by atoms with E-state index in [4.69, 9.17) is 0 Å². The van der Waals surface area contributed by atoms with Crippen LogP contribution in [0.15, 0.2) is 23.3 Å². The lowest BCUT2D eigenvalue weighted by atomic mass is 9.47. The van der Waals surface area contributed by atoms with Crippen molar-refractivity contribution in [1.29, 1.82) is 0 Å². The average Bonchev–Trinajstić information content (AvgIpc) is 2.56. The Morgan fingerprint density at radius 2 is 1.92 bits per heavy atom. The van der Waals surface area contributed by atoms with Crippen LogP contribution in [0.5, 0.6) is 0 Å². The fraction of sp³-hybridized carbons (Fsp3) is 0.773. The average molecular weight is 333 g/mol. The fourth-order valence-electron chi connectivity index (χ4n) is 5.60. The van der Waals surface area contributed by atoms with E-state index in [0.29, 0.717) is 11.8 Å². The molecule has 2 heteroatoms. The van der Waals surface area contributed by atoms with Gasteiger partial charge in [0.2, 0.25) is 0 Å². The Kier molecular flexibility index (Phi) is 5.67. The zero-order chi connectivity index (χ0) is 18.1. The molecule has 0 spiro atoms. The predicted molar refractivity (Wildman–Crippen MR) is 101 cm³/mol. The maximum absolute atomic E-state index is 11.9. The quantitative estimate of drug-likeness (QED) is 0.650. The van der Waals surface area contributed by atoms with Gasteiger partial charge in [-0.25, -0.2) is 0 Å². The first kappa shape index (κ1) is 19.3. The van der Waals surface area contributed by atoms with Gasteiger partial charge in [0.05, 0.1) is 5.41 Å². The summed E-state index contributed by atoms with van der Waals surface area (Å²) in [5.41, 5.74) is 2.69. The number of carbonyl (C=O) groups is 1. The summed E-state index contributed by atoms with van der Waals surface area (Å²) in [7, 11) is 0. The van der Waals surface area contributed by atoms with Crippen LogP contribution in [0.1, 0.15) is 80.1 Å². The summed E-state index contributed by atoms with van der Waals surface area (Å²) >= 11 is 0. The Labute approximate surface area is 148 Å². The molecule has 0 amide bonds. The highest BCUT2D eigenvalue weighted by atomic mass is 16.4. The predicted octanol–water partition coefficient (Wildman–Crippen LogP) is 6.23. The van der Waals surface area contributed by atoms with Crippen LogP contribution < -0.4 is 0 Å². The van der Waals surface area contributed by atoms with Crippen LogP contribution in [0.2, 0.25) is 0 Å². The highest BCUT2D eigenvalue weighted by Gasteiger charge is 2.57. The summed E-state index contributed by atoms with van der Waals surface area (Å²) in [5.74, 6) is 0.888. The third-order valence-corrected chi connectivity index (χ3v) is 7.07. The molecule has 3 aliphatic carbocycles. The molecule has 0 bridgehead atoms. The number of fused-ring (bicyclic) bond motifs is 3. The zero-order valence-electron chi connectivity index (χ0n) is 16.5. The van der Waals surface area contributed by atoms with E-state index in [1.807, 2.05) is 20.8 Å². The summed E-state index contributed by atoms with van der Waals surface area (Å²) < 4.78 is 0. The minimum absolute atomic E-state index is 0.161. The van der Waals surface area contributed by atoms with E-state index in [0.717, 1.165) is 19.3 Å². The van der Waals surface area contributed by atoms with Crippen LogP contribution in [0, 0.1) is 28.6 Å². The van der Waals surface area contributed by atoms with Crippen LogP contribution >= 0.6 is 0 Å². The number of aliphatic carboxylic acids is 1. The van der Waals surface area contributed by atoms with Gasteiger partial charge < -0.3 is 5.11 Å². The normalized spacial score (nSPS) is 38.1. The van der Waals surface area contributed by atoms with Crippen LogP contribution in [0.25, 0.3) is 0 Å². The Bertz CT molecular complexity index is 542. The van der Waals surface area contributed by atoms with Gasteiger partial charge in [-0.05, 0) is 67.8 Å². The first-order chi connectivity index (χ1) is 11.3. The molecule has 2 nitrogen and oxygen atoms in total. The number of allylic oxidation sites excluding steroid dienone is 4. The highest BCUT2D eigenvalue weighted by Crippen LogP contribution is 2.62. The molecule has 24 heavy (non-hydrogen) atoms. The molecule has 0 heterocycles. The zero-order valence-corrected chi connectivity index (χ0v) is 16.5. The summed E-state index contributed by atoms with van der Waals surface area (Å²) in [6.45, 7) is 12.9. The number of carboxylic acid groups (broad SMARTS) is 1. The van der Waals surface area contributed by atoms with E-state index in [1.54, 1.807) is 5.57 Å². The van der Waals surface area contributed by atoms with Gasteiger partial charge in [0.15, 0.2) is 0 Å². The van der Waals surface area contributed by atoms with Gasteiger partial charge in [-0.1, -0.05) is 58.8 Å². The minimum atomic E-state index is -0.588. The fourth-order valence-corrected chi connectivity index (χ4v) is 5.60. The SMILES string of the molecule is CC.CC(C)C1=CC2=CCC3C(C)(C(=O)O)CCCC3(C)C2CC1. The van der Waals surface area contributed by atoms with Crippen molar-refractivity contribution >= 4 is 5.97 Å². The smallest absolute Gasteiger partial charge is 0.309 e. The largest absolute Gasteiger partial charge is 0.481 e. The van der Waals surface area contributed by atoms with E-state index in [1.165, 1.54) is 24.8 Å². The first-order valence-corrected chi connectivity index (χ1v) is 9.93. The molecule has 4 unspecified atom stereocenters. The molecule has 0 aromatic heterocycles. The maximum atomic E-state index is 11.9. The Balaban J connectivity index is 0.00000100. The van der Waals surface area contributed by atoms with Crippen molar-refractivity contribution in [3.63, 3.8) is 0 Å². The van der Waals surface area contributed by atoms with E-state index >= 15 is 0 Å². The highest BCUT2D eigenvalue weighted by molar-refractivity contribution is 5.75. The molecule has 3 aliphatic rings. The number of rotatable bonds is 2. The Hall–Kier alpha value is -1.05. The molecule has 0 radical (unpaired) electrons. The van der Waals surface area contributed by atoms with Gasteiger partial charge in [-0.2, -0.15) is 0 Å². The standard InChI is InChI=1S/C20H30O2.C2H6/c1-13(2)14-6-8-16-15(12-14)7-9-17-19(16,3)10-5-11-20(17,4)18(21)22;1-2/h7,12-13,16-17H,5-6,8-11H2,1-4H3,(H,21,22);1-2H3. The summed E-state index contributed by atoms with van der Waals surface area (Å²) in [4.78, 5) is 11.9. The van der Waals surface area contributed by atoms with Gasteiger partial charge in [0.25, 0.3) is 0 Å². The third kappa shape index (κ3) is 2.97. The van der Waals surface area contributed by atoms with Crippen molar-refractivity contribution in [1.82, 2.24) is 0 Å². The molecule has 3 rings (SSSR count). The lowest BCUT2D eigenvalue weighted by molar-refractivity contribution is -0.162. The second-order valence-corrected chi connectivity index (χ2v) is 8.54. The van der Waals surface area contributed by atoms with Crippen molar-refractivity contribution in [2.24, 2.45) is 28.6 Å². The molecule has 4 atom stereocenters. The molecular weight excluding hydrogens is 296 g/mol. The van der Waals surface area contributed by atoms with Crippen LogP contribution in [-0.2, 0) is 4.79 Å². The molecule has 136 valence electrons. The summed E-state index contributed by atoms with van der Waals surface area (Å²) in [6, 6.07) is 0. The van der Waals surface area contributed by atoms with Gasteiger partial charge in [-0.3, -0.25) is 4.79 Å². The molecule has 1 fully saturated rings. The first-order valence-electron chi connectivity index (χ1n) is 9.93. The molecule has 0 aliphatic heterocycles. The van der Waals surface area contributed by atoms with Gasteiger partial charge in [-0.15, -0.1) is 0 Å². The van der Waals surface area contributed by atoms with Crippen molar-refractivity contribution in [3.05, 3.63) is 23.3 Å². The third-order valence-electron chi connectivity index (χ3n) is 7.07. The lowest BCUT2D eigenvalue weighted by Crippen LogP contribution is -2.53. The maximum Gasteiger partial charge on any atom is 0.309 e. The number of hydrogen-bond donors (Lipinski definition) is 1. The van der Waals surface area contributed by atoms with Gasteiger partial charge in [0.1, 0.15) is 0 Å². The minimum Gasteiger partial charge on any atom is -0.481 e. The van der Waals surface area contributed by atoms with Crippen molar-refractivity contribution < 1.29 is 9.90 Å². The second kappa shape index (κ2) is 7.06. The summed E-state index contributed by atoms with van der Waals surface area (Å²) in [6.07, 6.45) is 11.2. The number of hydrogen-bond acceptors (Lipinski definition) is 1. The monoisotopic (exact) mass is 332 g/mol. The molecule has 0 aromatic carbocycles.